The minimum Gasteiger partial charge on any atom is -0.858 e. The number of methoxy groups -OCH3 is 1. The molecule has 2 heterocycles. The largest absolute Gasteiger partial charge is 0.858 e. The fourth-order valence-electron chi connectivity index (χ4n) is 2.22. The van der Waals surface area contributed by atoms with Crippen molar-refractivity contribution >= 4 is 13.7 Å². The first-order valence-electron chi connectivity index (χ1n) is 7.48. The van der Waals surface area contributed by atoms with E-state index in [0.29, 0.717) is 0 Å². The van der Waals surface area contributed by atoms with Gasteiger partial charge in [0.05, 0.1) is 13.7 Å². The van der Waals surface area contributed by atoms with Crippen molar-refractivity contribution in [3.8, 4) is 5.88 Å². The SMILES string of the molecule is COC(=O)CNP(=O)(O)OC[C@H]1O[C@@H](n2cc(C)c([O-])nc2=O)C[C@@H]1F. The smallest absolute Gasteiger partial charge is 0.403 e. The van der Waals surface area contributed by atoms with Gasteiger partial charge >= 0.3 is 19.4 Å². The van der Waals surface area contributed by atoms with Crippen LogP contribution in [0.4, 0.5) is 4.39 Å². The summed E-state index contributed by atoms with van der Waals surface area (Å²) >= 11 is 0. The van der Waals surface area contributed by atoms with Gasteiger partial charge in [-0.05, 0) is 18.4 Å². The summed E-state index contributed by atoms with van der Waals surface area (Å²) < 4.78 is 41.2. The average molecular weight is 394 g/mol. The van der Waals surface area contributed by atoms with Crippen LogP contribution in [0.3, 0.4) is 0 Å². The lowest BCUT2D eigenvalue weighted by molar-refractivity contribution is -0.276. The number of nitrogens with one attached hydrogen (secondary N) is 1. The molecule has 1 aromatic heterocycles. The van der Waals surface area contributed by atoms with E-state index in [2.05, 4.69) is 9.72 Å². The zero-order valence-electron chi connectivity index (χ0n) is 14.0. The van der Waals surface area contributed by atoms with Crippen LogP contribution in [-0.2, 0) is 23.4 Å². The summed E-state index contributed by atoms with van der Waals surface area (Å²) in [4.78, 5) is 35.5. The Morgan fingerprint density at radius 1 is 1.65 bits per heavy atom. The van der Waals surface area contributed by atoms with E-state index in [1.165, 1.54) is 13.1 Å². The summed E-state index contributed by atoms with van der Waals surface area (Å²) in [5.41, 5.74) is -0.692. The van der Waals surface area contributed by atoms with E-state index in [4.69, 9.17) is 9.26 Å². The van der Waals surface area contributed by atoms with Crippen LogP contribution in [0.1, 0.15) is 18.2 Å². The number of hydrogen-bond acceptors (Lipinski definition) is 8. The number of alkyl halides is 1. The lowest BCUT2D eigenvalue weighted by Gasteiger charge is -2.19. The maximum Gasteiger partial charge on any atom is 0.403 e. The van der Waals surface area contributed by atoms with Gasteiger partial charge in [0.2, 0.25) is 0 Å². The van der Waals surface area contributed by atoms with Crippen LogP contribution in [0.15, 0.2) is 11.0 Å². The average Bonchev–Trinajstić information content (AvgIpc) is 2.95. The van der Waals surface area contributed by atoms with Gasteiger partial charge in [0.25, 0.3) is 0 Å². The van der Waals surface area contributed by atoms with Crippen LogP contribution in [0, 0.1) is 6.92 Å². The van der Waals surface area contributed by atoms with Gasteiger partial charge in [0, 0.05) is 12.6 Å². The first-order chi connectivity index (χ1) is 12.1. The van der Waals surface area contributed by atoms with E-state index in [0.717, 1.165) is 11.7 Å². The van der Waals surface area contributed by atoms with Gasteiger partial charge in [-0.1, -0.05) is 0 Å². The second kappa shape index (κ2) is 8.23. The molecular weight excluding hydrogens is 376 g/mol. The number of carbonyl (C=O) groups is 1. The standard InChI is InChI=1S/C13H19FN3O8P/c1-7-5-17(13(20)16-12(7)19)10-3-8(14)9(25-10)6-24-26(21,22)15-4-11(18)23-2/h5,8-10H,3-4,6H2,1-2H3,(H2,15,21,22)(H,16,19,20)/p-1/t8-,9+,10+/m0/s1. The van der Waals surface area contributed by atoms with Crippen molar-refractivity contribution in [1.29, 1.82) is 0 Å². The van der Waals surface area contributed by atoms with E-state index in [1.807, 2.05) is 5.09 Å². The van der Waals surface area contributed by atoms with E-state index < -0.39 is 56.9 Å². The third kappa shape index (κ3) is 5.08. The monoisotopic (exact) mass is 394 g/mol. The van der Waals surface area contributed by atoms with E-state index >= 15 is 0 Å². The van der Waals surface area contributed by atoms with Crippen LogP contribution in [-0.4, -0.2) is 53.0 Å². The Kier molecular flexibility index (Phi) is 6.48. The van der Waals surface area contributed by atoms with Gasteiger partial charge in [0.1, 0.15) is 25.0 Å². The Morgan fingerprint density at radius 2 is 2.35 bits per heavy atom. The molecule has 0 saturated carbocycles. The van der Waals surface area contributed by atoms with Crippen LogP contribution >= 0.6 is 7.75 Å². The lowest BCUT2D eigenvalue weighted by Crippen LogP contribution is -2.29. The molecule has 1 unspecified atom stereocenters. The second-order valence-corrected chi connectivity index (χ2v) is 7.14. The molecule has 2 N–H and O–H groups in total. The molecule has 1 aliphatic rings. The van der Waals surface area contributed by atoms with Crippen molar-refractivity contribution in [1.82, 2.24) is 14.6 Å². The highest BCUT2D eigenvalue weighted by molar-refractivity contribution is 7.50. The molecule has 13 heteroatoms. The molecule has 0 spiro atoms. The lowest BCUT2D eigenvalue weighted by atomic mass is 10.2. The summed E-state index contributed by atoms with van der Waals surface area (Å²) in [6, 6.07) is 0. The van der Waals surface area contributed by atoms with Crippen molar-refractivity contribution in [2.75, 3.05) is 20.3 Å². The van der Waals surface area contributed by atoms with Crippen molar-refractivity contribution in [3.63, 3.8) is 0 Å². The molecule has 1 aromatic rings. The van der Waals surface area contributed by atoms with Gasteiger partial charge in [0.15, 0.2) is 0 Å². The number of halogens is 1. The molecule has 1 fully saturated rings. The van der Waals surface area contributed by atoms with Crippen LogP contribution in [0.5, 0.6) is 5.88 Å². The molecule has 0 aromatic carbocycles. The predicted molar refractivity (Wildman–Crippen MR) is 81.9 cm³/mol. The highest BCUT2D eigenvalue weighted by atomic mass is 31.2. The topological polar surface area (TPSA) is 152 Å². The molecule has 2 rings (SSSR count). The van der Waals surface area contributed by atoms with Crippen molar-refractivity contribution in [3.05, 3.63) is 22.2 Å². The Bertz CT molecular complexity index is 772. The molecule has 4 atom stereocenters. The van der Waals surface area contributed by atoms with Crippen molar-refractivity contribution in [2.45, 2.75) is 31.8 Å². The first-order valence-corrected chi connectivity index (χ1v) is 9.06. The molecular formula is C13H18FN3O8P-. The zero-order chi connectivity index (χ0) is 19.5. The fraction of sp³-hybridized carbons (Fsp3) is 0.615. The number of aryl methyl sites for hydroxylation is 1. The summed E-state index contributed by atoms with van der Waals surface area (Å²) in [5.74, 6) is -1.47. The van der Waals surface area contributed by atoms with Crippen LogP contribution in [0.25, 0.3) is 0 Å². The molecule has 26 heavy (non-hydrogen) atoms. The minimum atomic E-state index is -4.37. The van der Waals surface area contributed by atoms with Gasteiger partial charge < -0.3 is 19.5 Å². The third-order valence-corrected chi connectivity index (χ3v) is 4.68. The number of carbonyl (C=O) groups excluding carboxylic acids is 1. The highest BCUT2D eigenvalue weighted by Crippen LogP contribution is 2.39. The number of ether oxygens (including phenoxy) is 2. The summed E-state index contributed by atoms with van der Waals surface area (Å²) in [7, 11) is -3.27. The summed E-state index contributed by atoms with van der Waals surface area (Å²) in [5, 5.41) is 13.3. The molecule has 1 saturated heterocycles. The number of hydrogen-bond donors (Lipinski definition) is 2. The molecule has 146 valence electrons. The maximum absolute atomic E-state index is 14.1. The molecule has 0 radical (unpaired) electrons. The van der Waals surface area contributed by atoms with Gasteiger partial charge in [-0.2, -0.15) is 0 Å². The van der Waals surface area contributed by atoms with E-state index in [9.17, 15) is 28.5 Å². The molecule has 11 nitrogen and oxygen atoms in total. The van der Waals surface area contributed by atoms with E-state index in [-0.39, 0.29) is 12.0 Å². The number of rotatable bonds is 7. The Morgan fingerprint density at radius 3 is 3.00 bits per heavy atom. The molecule has 0 aliphatic carbocycles. The number of esters is 1. The maximum atomic E-state index is 14.1. The zero-order valence-corrected chi connectivity index (χ0v) is 14.8. The van der Waals surface area contributed by atoms with Crippen LogP contribution < -0.4 is 15.9 Å². The Hall–Kier alpha value is -1.85. The van der Waals surface area contributed by atoms with Crippen LogP contribution in [0.2, 0.25) is 0 Å². The summed E-state index contributed by atoms with van der Waals surface area (Å²) in [6.45, 7) is 0.280. The van der Waals surface area contributed by atoms with Crippen molar-refractivity contribution < 1.29 is 37.7 Å². The Balaban J connectivity index is 1.97. The number of nitrogens with zero attached hydrogens (tertiary/aromatic N) is 2. The summed E-state index contributed by atoms with van der Waals surface area (Å²) in [6.07, 6.45) is -2.84. The highest BCUT2D eigenvalue weighted by Gasteiger charge is 2.38. The third-order valence-electron chi connectivity index (χ3n) is 3.63. The van der Waals surface area contributed by atoms with E-state index in [1.54, 1.807) is 0 Å². The first kappa shape index (κ1) is 20.5. The molecule has 0 amide bonds. The van der Waals surface area contributed by atoms with Gasteiger partial charge in [-0.25, -0.2) is 23.8 Å². The fourth-order valence-corrected chi connectivity index (χ4v) is 2.99. The molecule has 1 aliphatic heterocycles. The second-order valence-electron chi connectivity index (χ2n) is 5.53. The van der Waals surface area contributed by atoms with Gasteiger partial charge in [-0.15, -0.1) is 0 Å². The normalized spacial score (nSPS) is 25.0. The van der Waals surface area contributed by atoms with Crippen molar-refractivity contribution in [2.24, 2.45) is 0 Å². The Labute approximate surface area is 147 Å². The quantitative estimate of drug-likeness (QED) is 0.441. The number of aromatic nitrogens is 2. The predicted octanol–water partition coefficient (Wildman–Crippen LogP) is -0.869. The molecule has 0 bridgehead atoms. The minimum absolute atomic E-state index is 0.190. The van der Waals surface area contributed by atoms with Gasteiger partial charge in [-0.3, -0.25) is 13.9 Å².